The van der Waals surface area contributed by atoms with Crippen molar-refractivity contribution >= 4 is 33.5 Å². The third-order valence-corrected chi connectivity index (χ3v) is 10.0. The van der Waals surface area contributed by atoms with Gasteiger partial charge in [0.05, 0.1) is 5.75 Å². The summed E-state index contributed by atoms with van der Waals surface area (Å²) in [6.45, 7) is 8.72. The second-order valence-corrected chi connectivity index (χ2v) is 13.6. The highest BCUT2D eigenvalue weighted by atomic mass is 32.2. The monoisotopic (exact) mass is 567 g/mol. The normalized spacial score (nSPS) is 17.2. The Balaban J connectivity index is 1.41. The van der Waals surface area contributed by atoms with Crippen LogP contribution >= 0.6 is 0 Å². The number of rotatable bonds is 9. The van der Waals surface area contributed by atoms with E-state index in [1.807, 2.05) is 38.1 Å². The number of benzene rings is 2. The second kappa shape index (κ2) is 11.7. The van der Waals surface area contributed by atoms with Crippen molar-refractivity contribution in [3.8, 4) is 0 Å². The number of amides is 3. The summed E-state index contributed by atoms with van der Waals surface area (Å²) >= 11 is 0. The quantitative estimate of drug-likeness (QED) is 0.479. The molecule has 2 aromatic rings. The van der Waals surface area contributed by atoms with Gasteiger partial charge in [-0.2, -0.15) is 0 Å². The van der Waals surface area contributed by atoms with Gasteiger partial charge in [-0.25, -0.2) is 17.5 Å². The third kappa shape index (κ3) is 6.39. The van der Waals surface area contributed by atoms with Crippen LogP contribution in [0.2, 0.25) is 0 Å². The zero-order valence-corrected chi connectivity index (χ0v) is 25.0. The average Bonchev–Trinajstić information content (AvgIpc) is 3.21. The molecule has 10 heteroatoms. The standard InChI is InChI=1S/C30H41N5O4S/c1-20(2)9-10-23-7-6-8-24(19-23)27-32-28(36)30(33-27)12-14-35(15-13-30)40(38,39)16-11-26-21(3)17-25(18-22(26)4)34(5)29(31)37/h6-8,17-20H,9-16H2,1-5H3,(H2,31,37)(H,32,33,36). The minimum atomic E-state index is -3.53. The number of nitrogens with two attached hydrogens (primary N) is 1. The summed E-state index contributed by atoms with van der Waals surface area (Å²) in [4.78, 5) is 30.8. The van der Waals surface area contributed by atoms with Gasteiger partial charge in [-0.3, -0.25) is 14.7 Å². The molecule has 2 heterocycles. The van der Waals surface area contributed by atoms with E-state index < -0.39 is 21.6 Å². The molecule has 2 aromatic carbocycles. The minimum absolute atomic E-state index is 0.0312. The van der Waals surface area contributed by atoms with E-state index >= 15 is 0 Å². The summed E-state index contributed by atoms with van der Waals surface area (Å²) in [6, 6.07) is 11.3. The molecular formula is C30H41N5O4S. The Morgan fingerprint density at radius 2 is 1.77 bits per heavy atom. The topological polar surface area (TPSA) is 125 Å². The summed E-state index contributed by atoms with van der Waals surface area (Å²) in [5.41, 5.74) is 10.0. The number of primary amides is 1. The van der Waals surface area contributed by atoms with Gasteiger partial charge in [0.15, 0.2) is 0 Å². The number of nitrogens with one attached hydrogen (secondary N) is 1. The van der Waals surface area contributed by atoms with Crippen molar-refractivity contribution in [1.29, 1.82) is 0 Å². The molecule has 0 atom stereocenters. The molecule has 2 aliphatic rings. The van der Waals surface area contributed by atoms with Gasteiger partial charge in [0, 0.05) is 31.4 Å². The van der Waals surface area contributed by atoms with Crippen molar-refractivity contribution in [2.75, 3.05) is 30.8 Å². The lowest BCUT2D eigenvalue weighted by atomic mass is 9.89. The first kappa shape index (κ1) is 29.7. The highest BCUT2D eigenvalue weighted by molar-refractivity contribution is 7.89. The molecule has 40 heavy (non-hydrogen) atoms. The van der Waals surface area contributed by atoms with E-state index in [4.69, 9.17) is 10.7 Å². The van der Waals surface area contributed by atoms with Crippen LogP contribution in [0, 0.1) is 19.8 Å². The molecule has 1 fully saturated rings. The summed E-state index contributed by atoms with van der Waals surface area (Å²) < 4.78 is 28.1. The Kier molecular flexibility index (Phi) is 8.70. The van der Waals surface area contributed by atoms with Gasteiger partial charge in [0.1, 0.15) is 11.4 Å². The molecule has 0 radical (unpaired) electrons. The van der Waals surface area contributed by atoms with E-state index in [0.717, 1.165) is 35.1 Å². The van der Waals surface area contributed by atoms with Crippen molar-refractivity contribution < 1.29 is 18.0 Å². The van der Waals surface area contributed by atoms with Crippen LogP contribution in [0.4, 0.5) is 10.5 Å². The van der Waals surface area contributed by atoms with Gasteiger partial charge in [0.2, 0.25) is 10.0 Å². The molecule has 4 rings (SSSR count). The van der Waals surface area contributed by atoms with E-state index in [1.54, 1.807) is 7.05 Å². The lowest BCUT2D eigenvalue weighted by Gasteiger charge is -2.34. The highest BCUT2D eigenvalue weighted by Gasteiger charge is 2.47. The van der Waals surface area contributed by atoms with Crippen LogP contribution in [0.5, 0.6) is 0 Å². The Hall–Kier alpha value is -3.24. The molecule has 0 saturated carbocycles. The Morgan fingerprint density at radius 3 is 2.38 bits per heavy atom. The van der Waals surface area contributed by atoms with Gasteiger partial charge in [-0.1, -0.05) is 32.0 Å². The summed E-state index contributed by atoms with van der Waals surface area (Å²) in [5, 5.41) is 2.97. The zero-order valence-electron chi connectivity index (χ0n) is 24.2. The van der Waals surface area contributed by atoms with Gasteiger partial charge in [-0.05, 0) is 92.3 Å². The molecule has 0 aromatic heterocycles. The molecule has 1 spiro atoms. The number of aryl methyl sites for hydroxylation is 3. The number of hydrogen-bond donors (Lipinski definition) is 2. The van der Waals surface area contributed by atoms with Crippen LogP contribution in [0.3, 0.4) is 0 Å². The van der Waals surface area contributed by atoms with Crippen molar-refractivity contribution in [2.45, 2.75) is 65.3 Å². The van der Waals surface area contributed by atoms with Crippen LogP contribution in [0.1, 0.15) is 60.9 Å². The Morgan fingerprint density at radius 1 is 1.12 bits per heavy atom. The molecular weight excluding hydrogens is 526 g/mol. The number of amidine groups is 1. The molecule has 0 aliphatic carbocycles. The predicted molar refractivity (Wildman–Crippen MR) is 159 cm³/mol. The smallest absolute Gasteiger partial charge is 0.318 e. The highest BCUT2D eigenvalue weighted by Crippen LogP contribution is 2.33. The van der Waals surface area contributed by atoms with Gasteiger partial charge >= 0.3 is 6.03 Å². The molecule has 3 amide bonds. The average molecular weight is 568 g/mol. The number of sulfonamides is 1. The largest absolute Gasteiger partial charge is 0.351 e. The lowest BCUT2D eigenvalue weighted by Crippen LogP contribution is -2.50. The minimum Gasteiger partial charge on any atom is -0.351 e. The van der Waals surface area contributed by atoms with Crippen molar-refractivity contribution in [3.05, 3.63) is 64.2 Å². The maximum atomic E-state index is 13.3. The molecule has 3 N–H and O–H groups in total. The molecule has 0 unspecified atom stereocenters. The first-order valence-corrected chi connectivity index (χ1v) is 15.5. The molecule has 9 nitrogen and oxygen atoms in total. The number of carbonyl (C=O) groups is 2. The number of nitrogens with zero attached hydrogens (tertiary/aromatic N) is 3. The van der Waals surface area contributed by atoms with E-state index in [-0.39, 0.29) is 24.7 Å². The van der Waals surface area contributed by atoms with E-state index in [1.165, 1.54) is 14.8 Å². The number of anilines is 1. The second-order valence-electron chi connectivity index (χ2n) is 11.5. The van der Waals surface area contributed by atoms with Crippen LogP contribution in [-0.2, 0) is 27.7 Å². The first-order valence-electron chi connectivity index (χ1n) is 13.9. The van der Waals surface area contributed by atoms with Crippen LogP contribution < -0.4 is 16.0 Å². The van der Waals surface area contributed by atoms with E-state index in [2.05, 4.69) is 31.3 Å². The van der Waals surface area contributed by atoms with Gasteiger partial charge in [0.25, 0.3) is 5.91 Å². The number of urea groups is 1. The Bertz CT molecular complexity index is 1400. The predicted octanol–water partition coefficient (Wildman–Crippen LogP) is 3.69. The molecule has 216 valence electrons. The van der Waals surface area contributed by atoms with E-state index in [9.17, 15) is 18.0 Å². The van der Waals surface area contributed by atoms with Gasteiger partial charge < -0.3 is 11.1 Å². The molecule has 1 saturated heterocycles. The van der Waals surface area contributed by atoms with Gasteiger partial charge in [-0.15, -0.1) is 0 Å². The van der Waals surface area contributed by atoms with Crippen molar-refractivity contribution in [2.24, 2.45) is 16.6 Å². The summed E-state index contributed by atoms with van der Waals surface area (Å²) in [6.07, 6.45) is 3.12. The lowest BCUT2D eigenvalue weighted by molar-refractivity contribution is -0.124. The Labute approximate surface area is 237 Å². The maximum Gasteiger partial charge on any atom is 0.318 e. The molecule has 2 aliphatic heterocycles. The number of carbonyl (C=O) groups excluding carboxylic acids is 2. The number of piperidine rings is 1. The molecule has 0 bridgehead atoms. The summed E-state index contributed by atoms with van der Waals surface area (Å²) in [5.74, 6) is 1.00. The zero-order chi connectivity index (χ0) is 29.2. The van der Waals surface area contributed by atoms with Crippen LogP contribution in [0.25, 0.3) is 0 Å². The first-order chi connectivity index (χ1) is 18.8. The van der Waals surface area contributed by atoms with Crippen molar-refractivity contribution in [3.63, 3.8) is 0 Å². The van der Waals surface area contributed by atoms with E-state index in [0.29, 0.717) is 36.7 Å². The number of hydrogen-bond acceptors (Lipinski definition) is 5. The maximum absolute atomic E-state index is 13.3. The third-order valence-electron chi connectivity index (χ3n) is 8.14. The fourth-order valence-electron chi connectivity index (χ4n) is 5.50. The fraction of sp³-hybridized carbons (Fsp3) is 0.500. The SMILES string of the molecule is Cc1cc(N(C)C(N)=O)cc(C)c1CCS(=O)(=O)N1CCC2(CC1)N=C(c1cccc(CCC(C)C)c1)NC2=O. The fourth-order valence-corrected chi connectivity index (χ4v) is 6.96. The van der Waals surface area contributed by atoms with Crippen LogP contribution in [-0.4, -0.2) is 61.9 Å². The van der Waals surface area contributed by atoms with Crippen molar-refractivity contribution in [1.82, 2.24) is 9.62 Å². The number of aliphatic imine (C=N–C) groups is 1. The van der Waals surface area contributed by atoms with Crippen LogP contribution in [0.15, 0.2) is 41.4 Å². The summed E-state index contributed by atoms with van der Waals surface area (Å²) in [7, 11) is -1.93.